The molecule has 3 atom stereocenters. The Balaban J connectivity index is 2.31. The van der Waals surface area contributed by atoms with Crippen molar-refractivity contribution in [1.29, 1.82) is 0 Å². The summed E-state index contributed by atoms with van der Waals surface area (Å²) in [6, 6.07) is 0.0979. The molecule has 1 saturated carbocycles. The number of carbonyl (C=O) groups is 1. The van der Waals surface area contributed by atoms with Crippen LogP contribution in [0.15, 0.2) is 0 Å². The summed E-state index contributed by atoms with van der Waals surface area (Å²) in [4.78, 5) is 12.0. The SMILES string of the molecule is CCOCC(C)NC(=O)C1CCCC(CN)C1. The van der Waals surface area contributed by atoms with Crippen molar-refractivity contribution in [3.05, 3.63) is 0 Å². The van der Waals surface area contributed by atoms with Crippen LogP contribution in [0.4, 0.5) is 0 Å². The number of carbonyl (C=O) groups excluding carboxylic acids is 1. The summed E-state index contributed by atoms with van der Waals surface area (Å²) < 4.78 is 5.29. The second-order valence-corrected chi connectivity index (χ2v) is 5.03. The molecule has 17 heavy (non-hydrogen) atoms. The average molecular weight is 242 g/mol. The zero-order valence-corrected chi connectivity index (χ0v) is 11.1. The Morgan fingerprint density at radius 3 is 2.94 bits per heavy atom. The number of hydrogen-bond acceptors (Lipinski definition) is 3. The molecule has 0 bridgehead atoms. The summed E-state index contributed by atoms with van der Waals surface area (Å²) in [7, 11) is 0. The van der Waals surface area contributed by atoms with E-state index in [1.165, 1.54) is 6.42 Å². The van der Waals surface area contributed by atoms with Crippen molar-refractivity contribution in [2.45, 2.75) is 45.6 Å². The first-order chi connectivity index (χ1) is 8.17. The third kappa shape index (κ3) is 5.04. The maximum atomic E-state index is 12.0. The van der Waals surface area contributed by atoms with Gasteiger partial charge in [-0.3, -0.25) is 4.79 Å². The van der Waals surface area contributed by atoms with E-state index < -0.39 is 0 Å². The van der Waals surface area contributed by atoms with Gasteiger partial charge < -0.3 is 15.8 Å². The molecule has 100 valence electrons. The largest absolute Gasteiger partial charge is 0.380 e. The van der Waals surface area contributed by atoms with Crippen LogP contribution in [0.3, 0.4) is 0 Å². The highest BCUT2D eigenvalue weighted by Crippen LogP contribution is 2.28. The minimum absolute atomic E-state index is 0.0979. The fourth-order valence-corrected chi connectivity index (χ4v) is 2.44. The zero-order chi connectivity index (χ0) is 12.7. The third-order valence-electron chi connectivity index (χ3n) is 3.45. The zero-order valence-electron chi connectivity index (χ0n) is 11.1. The Morgan fingerprint density at radius 2 is 2.29 bits per heavy atom. The Kier molecular flexibility index (Phi) is 6.52. The van der Waals surface area contributed by atoms with E-state index in [1.807, 2.05) is 13.8 Å². The van der Waals surface area contributed by atoms with Gasteiger partial charge in [-0.05, 0) is 45.6 Å². The molecule has 4 nitrogen and oxygen atoms in total. The summed E-state index contributed by atoms with van der Waals surface area (Å²) >= 11 is 0. The van der Waals surface area contributed by atoms with E-state index in [0.717, 1.165) is 19.3 Å². The lowest BCUT2D eigenvalue weighted by Crippen LogP contribution is -2.41. The smallest absolute Gasteiger partial charge is 0.223 e. The highest BCUT2D eigenvalue weighted by Gasteiger charge is 2.27. The molecule has 0 heterocycles. The van der Waals surface area contributed by atoms with Crippen LogP contribution in [-0.4, -0.2) is 31.7 Å². The topological polar surface area (TPSA) is 64.3 Å². The minimum atomic E-state index is 0.0979. The summed E-state index contributed by atoms with van der Waals surface area (Å²) in [6.07, 6.45) is 4.25. The van der Waals surface area contributed by atoms with E-state index in [4.69, 9.17) is 10.5 Å². The predicted octanol–water partition coefficient (Wildman–Crippen LogP) is 1.29. The molecule has 1 rings (SSSR count). The molecule has 4 heteroatoms. The van der Waals surface area contributed by atoms with Gasteiger partial charge in [0.1, 0.15) is 0 Å². The predicted molar refractivity (Wildman–Crippen MR) is 68.6 cm³/mol. The molecule has 0 saturated heterocycles. The Morgan fingerprint density at radius 1 is 1.53 bits per heavy atom. The molecule has 0 aromatic rings. The Bertz CT molecular complexity index is 233. The van der Waals surface area contributed by atoms with Crippen molar-refractivity contribution in [2.24, 2.45) is 17.6 Å². The van der Waals surface area contributed by atoms with Crippen molar-refractivity contribution >= 4 is 5.91 Å². The first kappa shape index (κ1) is 14.5. The number of ether oxygens (including phenoxy) is 1. The van der Waals surface area contributed by atoms with Crippen molar-refractivity contribution in [3.63, 3.8) is 0 Å². The molecular weight excluding hydrogens is 216 g/mol. The summed E-state index contributed by atoms with van der Waals surface area (Å²) in [5.74, 6) is 0.860. The molecule has 0 aliphatic heterocycles. The highest BCUT2D eigenvalue weighted by atomic mass is 16.5. The fraction of sp³-hybridized carbons (Fsp3) is 0.923. The number of rotatable bonds is 6. The number of hydrogen-bond donors (Lipinski definition) is 2. The van der Waals surface area contributed by atoms with E-state index in [-0.39, 0.29) is 17.9 Å². The summed E-state index contributed by atoms with van der Waals surface area (Å²) in [6.45, 7) is 5.94. The monoisotopic (exact) mass is 242 g/mol. The second kappa shape index (κ2) is 7.67. The van der Waals surface area contributed by atoms with E-state index in [9.17, 15) is 4.79 Å². The van der Waals surface area contributed by atoms with Gasteiger partial charge in [0.2, 0.25) is 5.91 Å². The molecule has 0 aromatic heterocycles. The lowest BCUT2D eigenvalue weighted by molar-refractivity contribution is -0.127. The van der Waals surface area contributed by atoms with Crippen molar-refractivity contribution < 1.29 is 9.53 Å². The van der Waals surface area contributed by atoms with Crippen LogP contribution in [0.5, 0.6) is 0 Å². The van der Waals surface area contributed by atoms with E-state index >= 15 is 0 Å². The third-order valence-corrected chi connectivity index (χ3v) is 3.45. The minimum Gasteiger partial charge on any atom is -0.380 e. The molecule has 1 aliphatic rings. The molecule has 1 amide bonds. The number of nitrogens with one attached hydrogen (secondary N) is 1. The van der Waals surface area contributed by atoms with E-state index in [1.54, 1.807) is 0 Å². The number of amides is 1. The van der Waals surface area contributed by atoms with E-state index in [2.05, 4.69) is 5.32 Å². The first-order valence-corrected chi connectivity index (χ1v) is 6.75. The first-order valence-electron chi connectivity index (χ1n) is 6.75. The van der Waals surface area contributed by atoms with Crippen LogP contribution in [0.25, 0.3) is 0 Å². The van der Waals surface area contributed by atoms with Crippen LogP contribution in [0.2, 0.25) is 0 Å². The molecule has 0 aromatic carbocycles. The standard InChI is InChI=1S/C13H26N2O2/c1-3-17-9-10(2)15-13(16)12-6-4-5-11(7-12)8-14/h10-12H,3-9,14H2,1-2H3,(H,15,16). The van der Waals surface area contributed by atoms with Crippen LogP contribution in [0.1, 0.15) is 39.5 Å². The van der Waals surface area contributed by atoms with Crippen molar-refractivity contribution in [3.8, 4) is 0 Å². The van der Waals surface area contributed by atoms with Gasteiger partial charge in [-0.15, -0.1) is 0 Å². The lowest BCUT2D eigenvalue weighted by Gasteiger charge is -2.28. The second-order valence-electron chi connectivity index (χ2n) is 5.03. The van der Waals surface area contributed by atoms with Crippen LogP contribution in [0, 0.1) is 11.8 Å². The van der Waals surface area contributed by atoms with Crippen LogP contribution >= 0.6 is 0 Å². The molecule has 3 unspecified atom stereocenters. The fourth-order valence-electron chi connectivity index (χ4n) is 2.44. The molecule has 3 N–H and O–H groups in total. The Labute approximate surface area is 104 Å². The van der Waals surface area contributed by atoms with Gasteiger partial charge >= 0.3 is 0 Å². The van der Waals surface area contributed by atoms with Crippen LogP contribution < -0.4 is 11.1 Å². The maximum Gasteiger partial charge on any atom is 0.223 e. The van der Waals surface area contributed by atoms with Gasteiger partial charge in [0.25, 0.3) is 0 Å². The molecule has 1 aliphatic carbocycles. The van der Waals surface area contributed by atoms with Crippen molar-refractivity contribution in [1.82, 2.24) is 5.32 Å². The number of nitrogens with two attached hydrogens (primary N) is 1. The van der Waals surface area contributed by atoms with Crippen LogP contribution in [-0.2, 0) is 9.53 Å². The summed E-state index contributed by atoms with van der Waals surface area (Å²) in [5, 5.41) is 3.02. The van der Waals surface area contributed by atoms with Gasteiger partial charge in [0, 0.05) is 18.6 Å². The van der Waals surface area contributed by atoms with Gasteiger partial charge in [-0.25, -0.2) is 0 Å². The maximum absolute atomic E-state index is 12.0. The molecular formula is C13H26N2O2. The molecule has 0 radical (unpaired) electrons. The summed E-state index contributed by atoms with van der Waals surface area (Å²) in [5.41, 5.74) is 5.68. The van der Waals surface area contributed by atoms with Gasteiger partial charge in [0.15, 0.2) is 0 Å². The molecule has 1 fully saturated rings. The molecule has 0 spiro atoms. The lowest BCUT2D eigenvalue weighted by atomic mass is 9.81. The van der Waals surface area contributed by atoms with Gasteiger partial charge in [0.05, 0.1) is 6.61 Å². The normalized spacial score (nSPS) is 26.5. The average Bonchev–Trinajstić information content (AvgIpc) is 2.36. The van der Waals surface area contributed by atoms with Gasteiger partial charge in [-0.1, -0.05) is 6.42 Å². The van der Waals surface area contributed by atoms with Gasteiger partial charge in [-0.2, -0.15) is 0 Å². The van der Waals surface area contributed by atoms with Crippen molar-refractivity contribution in [2.75, 3.05) is 19.8 Å². The Hall–Kier alpha value is -0.610. The highest BCUT2D eigenvalue weighted by molar-refractivity contribution is 5.79. The van der Waals surface area contributed by atoms with E-state index in [0.29, 0.717) is 25.7 Å². The quantitative estimate of drug-likeness (QED) is 0.737.